The number of nitrogens with zero attached hydrogens (tertiary/aromatic N) is 4. The van der Waals surface area contributed by atoms with E-state index in [1.807, 2.05) is 9.80 Å². The molecule has 2 aromatic heterocycles. The maximum Gasteiger partial charge on any atom is 0.407 e. The van der Waals surface area contributed by atoms with Crippen molar-refractivity contribution < 1.29 is 38.1 Å². The minimum absolute atomic E-state index is 0.0297. The first-order chi connectivity index (χ1) is 36.1. The van der Waals surface area contributed by atoms with Crippen LogP contribution in [0, 0.1) is 23.7 Å². The molecule has 4 saturated heterocycles. The second-order valence-electron chi connectivity index (χ2n) is 22.0. The molecule has 4 amide bonds. The first-order valence-electron chi connectivity index (χ1n) is 26.7. The molecule has 16 heteroatoms. The minimum Gasteiger partial charge on any atom is -0.453 e. The number of carbonyl (C=O) groups excluding carboxylic acids is 4. The second-order valence-corrected chi connectivity index (χ2v) is 22.0. The van der Waals surface area contributed by atoms with Crippen LogP contribution in [0.1, 0.15) is 97.4 Å². The Hall–Kier alpha value is -6.78. The van der Waals surface area contributed by atoms with Gasteiger partial charge in [0.2, 0.25) is 11.8 Å². The smallest absolute Gasteiger partial charge is 0.407 e. The maximum atomic E-state index is 14.4. The zero-order chi connectivity index (χ0) is 50.5. The van der Waals surface area contributed by atoms with E-state index < -0.39 is 36.5 Å². The molecule has 12 atom stereocenters. The maximum absolute atomic E-state index is 14.4. The standard InChI is InChI=1S/C58H64N8O8/c1-71-51-37-9-5-7-35-27-45(65(49(35)37)55(67)47(51)63-57(69)73-3)53-59-41-21-19-33(25-43(41)61-53)39-23-29-11-15-31(39)17-13-30-12-16-32(18-14-29)40(24-30)34-20-22-42-44(26-34)62-54(60-42)46-28-36-8-6-10-38-50(36)66(46)56(68)48(52(38)72-2)64-58(70)74-4/h11-12,15-16,19-26,35-38,45-52H,5-10,13-14,17-18,27-28H2,1-4H3,(H,59,61)(H,60,62)(H,63,69)(H,64,70)/t35-,36-,37?,38?,45-,46-,47-,48-,49?,50?,51+,52+/m0/s1. The van der Waals surface area contributed by atoms with Gasteiger partial charge in [0.25, 0.3) is 0 Å². The minimum atomic E-state index is -0.833. The number of methoxy groups -OCH3 is 4. The average Bonchev–Trinajstić information content (AvgIpc) is 4.24. The van der Waals surface area contributed by atoms with Gasteiger partial charge in [0.15, 0.2) is 0 Å². The van der Waals surface area contributed by atoms with Gasteiger partial charge in [0.05, 0.1) is 60.6 Å². The van der Waals surface area contributed by atoms with Crippen LogP contribution in [0.3, 0.4) is 0 Å². The normalized spacial score (nSPS) is 30.0. The summed E-state index contributed by atoms with van der Waals surface area (Å²) in [6.45, 7) is 0. The van der Waals surface area contributed by atoms with Crippen LogP contribution in [0.5, 0.6) is 0 Å². The molecule has 10 aliphatic rings. The Bertz CT molecular complexity index is 3010. The summed E-state index contributed by atoms with van der Waals surface area (Å²) < 4.78 is 21.8. The molecule has 0 spiro atoms. The van der Waals surface area contributed by atoms with Gasteiger partial charge in [-0.3, -0.25) is 9.59 Å². The number of rotatable bonds is 8. The van der Waals surface area contributed by atoms with Crippen molar-refractivity contribution in [3.63, 3.8) is 0 Å². The summed E-state index contributed by atoms with van der Waals surface area (Å²) in [4.78, 5) is 75.4. The van der Waals surface area contributed by atoms with Gasteiger partial charge in [-0.2, -0.15) is 0 Å². The number of hydrogen-bond donors (Lipinski definition) is 4. The van der Waals surface area contributed by atoms with Crippen LogP contribution in [0.4, 0.5) is 9.59 Å². The molecule has 6 fully saturated rings. The van der Waals surface area contributed by atoms with E-state index in [0.29, 0.717) is 11.8 Å². The Morgan fingerprint density at radius 1 is 0.568 bits per heavy atom. The number of benzene rings is 4. The van der Waals surface area contributed by atoms with E-state index in [9.17, 15) is 19.2 Å². The van der Waals surface area contributed by atoms with Crippen molar-refractivity contribution in [1.29, 1.82) is 0 Å². The van der Waals surface area contributed by atoms with Gasteiger partial charge in [-0.1, -0.05) is 61.4 Å². The fourth-order valence-corrected chi connectivity index (χ4v) is 15.2. The summed E-state index contributed by atoms with van der Waals surface area (Å²) in [5.74, 6) is 2.15. The number of amides is 4. The molecule has 4 unspecified atom stereocenters. The van der Waals surface area contributed by atoms with Gasteiger partial charge in [0.1, 0.15) is 23.7 Å². The molecule has 4 bridgehead atoms. The van der Waals surface area contributed by atoms with E-state index in [1.165, 1.54) is 47.6 Å². The molecule has 6 aromatic rings. The second kappa shape index (κ2) is 18.6. The van der Waals surface area contributed by atoms with E-state index in [4.69, 9.17) is 28.9 Å². The van der Waals surface area contributed by atoms with Crippen LogP contribution in [-0.4, -0.2) is 119 Å². The third kappa shape index (κ3) is 7.67. The third-order valence-corrected chi connectivity index (χ3v) is 18.4. The molecule has 384 valence electrons. The summed E-state index contributed by atoms with van der Waals surface area (Å²) in [7, 11) is 5.89. The number of carbonyl (C=O) groups is 4. The Labute approximate surface area is 429 Å². The van der Waals surface area contributed by atoms with Crippen molar-refractivity contribution >= 4 is 46.1 Å². The van der Waals surface area contributed by atoms with Crippen molar-refractivity contribution in [2.75, 3.05) is 28.4 Å². The summed E-state index contributed by atoms with van der Waals surface area (Å²) >= 11 is 0. The predicted molar refractivity (Wildman–Crippen MR) is 276 cm³/mol. The highest BCUT2D eigenvalue weighted by Crippen LogP contribution is 2.54. The summed E-state index contributed by atoms with van der Waals surface area (Å²) in [5, 5.41) is 5.62. The number of alkyl carbamates (subject to hydrolysis) is 2. The van der Waals surface area contributed by atoms with E-state index >= 15 is 0 Å². The van der Waals surface area contributed by atoms with Crippen LogP contribution in [0.15, 0.2) is 72.8 Å². The highest BCUT2D eigenvalue weighted by Gasteiger charge is 2.60. The largest absolute Gasteiger partial charge is 0.453 e. The zero-order valence-electron chi connectivity index (χ0n) is 42.4. The number of H-pyrrole nitrogens is 2. The Kier molecular flexibility index (Phi) is 11.8. The summed E-state index contributed by atoms with van der Waals surface area (Å²) in [5.41, 5.74) is 13.3. The quantitative estimate of drug-likeness (QED) is 0.115. The van der Waals surface area contributed by atoms with Crippen molar-refractivity contribution in [3.05, 3.63) is 107 Å². The molecule has 4 aliphatic heterocycles. The highest BCUT2D eigenvalue weighted by atomic mass is 16.5. The fourth-order valence-electron chi connectivity index (χ4n) is 15.2. The van der Waals surface area contributed by atoms with Gasteiger partial charge in [-0.05, 0) is 145 Å². The van der Waals surface area contributed by atoms with E-state index in [-0.39, 0.29) is 47.8 Å². The number of aromatic amines is 2. The van der Waals surface area contributed by atoms with Gasteiger partial charge < -0.3 is 49.3 Å². The van der Waals surface area contributed by atoms with E-state index in [1.54, 1.807) is 14.2 Å². The molecule has 74 heavy (non-hydrogen) atoms. The molecular weight excluding hydrogens is 937 g/mol. The van der Waals surface area contributed by atoms with Crippen LogP contribution in [-0.2, 0) is 54.2 Å². The predicted octanol–water partition coefficient (Wildman–Crippen LogP) is 8.28. The topological polar surface area (TPSA) is 193 Å². The molecule has 2 saturated carbocycles. The lowest BCUT2D eigenvalue weighted by molar-refractivity contribution is -0.157. The lowest BCUT2D eigenvalue weighted by atomic mass is 9.71. The molecule has 0 radical (unpaired) electrons. The number of hydrogen-bond acceptors (Lipinski definition) is 10. The van der Waals surface area contributed by atoms with Crippen molar-refractivity contribution in [1.82, 2.24) is 40.4 Å². The molecule has 6 heterocycles. The highest BCUT2D eigenvalue weighted by molar-refractivity contribution is 5.90. The molecule has 16 nitrogen and oxygen atoms in total. The van der Waals surface area contributed by atoms with Crippen molar-refractivity contribution in [2.24, 2.45) is 23.7 Å². The molecule has 4 aromatic carbocycles. The Morgan fingerprint density at radius 3 is 1.43 bits per heavy atom. The van der Waals surface area contributed by atoms with E-state index in [0.717, 1.165) is 122 Å². The molecule has 16 rings (SSSR count). The van der Waals surface area contributed by atoms with Crippen molar-refractivity contribution in [2.45, 2.75) is 126 Å². The van der Waals surface area contributed by atoms with Crippen LogP contribution < -0.4 is 10.6 Å². The van der Waals surface area contributed by atoms with Crippen LogP contribution in [0.25, 0.3) is 44.3 Å². The average molecular weight is 1000 g/mol. The summed E-state index contributed by atoms with van der Waals surface area (Å²) in [6, 6.07) is 24.8. The number of piperidine rings is 2. The number of aryl methyl sites for hydroxylation is 4. The SMILES string of the molecule is COC(=O)N[C@@H]1C(=O)N2C3C(CCC[C@H]3C[C@H]2c2nc3cc(-c4cc5ccc4CCc4ccc(c(-c6ccc7[nH]c([C@@H]8C[C@@H]9CCCC%10C9N8C(=O)[C@@H](NC(=O)OC)[C@@H]%10OC)nc7c6)c4)CC5)ccc3[nH]2)[C@H]1OC. The van der Waals surface area contributed by atoms with E-state index in [2.05, 4.69) is 93.4 Å². The molecule has 6 aliphatic carbocycles. The first kappa shape index (κ1) is 47.0. The van der Waals surface area contributed by atoms with Gasteiger partial charge in [-0.15, -0.1) is 0 Å². The van der Waals surface area contributed by atoms with Crippen molar-refractivity contribution in [3.8, 4) is 22.3 Å². The zero-order valence-corrected chi connectivity index (χ0v) is 42.4. The molecular formula is C58H64N8O8. The van der Waals surface area contributed by atoms with Gasteiger partial charge >= 0.3 is 12.2 Å². The Morgan fingerprint density at radius 2 is 1.01 bits per heavy atom. The van der Waals surface area contributed by atoms with Gasteiger partial charge in [0, 0.05) is 38.1 Å². The van der Waals surface area contributed by atoms with Gasteiger partial charge in [-0.25, -0.2) is 19.6 Å². The monoisotopic (exact) mass is 1000 g/mol. The lowest BCUT2D eigenvalue weighted by Crippen LogP contribution is -2.66. The number of aromatic nitrogens is 4. The third-order valence-electron chi connectivity index (χ3n) is 18.4. The lowest BCUT2D eigenvalue weighted by Gasteiger charge is -2.49. The van der Waals surface area contributed by atoms with Crippen LogP contribution in [0.2, 0.25) is 0 Å². The summed E-state index contributed by atoms with van der Waals surface area (Å²) in [6.07, 6.45) is 9.00. The molecule has 4 N–H and O–H groups in total. The fraction of sp³-hybridized carbons (Fsp3) is 0.483. The number of fused-ring (bicyclic) bond motifs is 2. The number of imidazole rings is 2. The first-order valence-corrected chi connectivity index (χ1v) is 26.7. The Balaban J connectivity index is 0.759. The number of nitrogens with one attached hydrogen (secondary N) is 4. The number of ether oxygens (including phenoxy) is 4. The van der Waals surface area contributed by atoms with Crippen LogP contribution >= 0.6 is 0 Å².